The lowest BCUT2D eigenvalue weighted by atomic mass is 10.1. The standard InChI is InChI=1S/C15H32OSi/c1-8-10-12-13(16)14(11-9-2)17(6,7)15(3,4)5/h14H,8-12H2,1-7H3/t14-/m1/s1. The van der Waals surface area contributed by atoms with Gasteiger partial charge >= 0.3 is 0 Å². The van der Waals surface area contributed by atoms with Gasteiger partial charge in [0.2, 0.25) is 0 Å². The molecule has 0 fully saturated rings. The van der Waals surface area contributed by atoms with Gasteiger partial charge in [-0.15, -0.1) is 0 Å². The highest BCUT2D eigenvalue weighted by atomic mass is 28.3. The Balaban J connectivity index is 4.89. The highest BCUT2D eigenvalue weighted by Crippen LogP contribution is 2.46. The number of hydrogen-bond acceptors (Lipinski definition) is 1. The summed E-state index contributed by atoms with van der Waals surface area (Å²) in [5.41, 5.74) is 0.360. The van der Waals surface area contributed by atoms with Gasteiger partial charge in [0.15, 0.2) is 0 Å². The number of carbonyl (C=O) groups excluding carboxylic acids is 1. The molecule has 0 heterocycles. The van der Waals surface area contributed by atoms with E-state index in [2.05, 4.69) is 47.7 Å². The molecule has 0 rings (SSSR count). The minimum Gasteiger partial charge on any atom is -0.300 e. The lowest BCUT2D eigenvalue weighted by Crippen LogP contribution is -2.45. The normalized spacial score (nSPS) is 14.8. The van der Waals surface area contributed by atoms with Crippen LogP contribution < -0.4 is 0 Å². The van der Waals surface area contributed by atoms with E-state index in [1.54, 1.807) is 0 Å². The van der Waals surface area contributed by atoms with Crippen molar-refractivity contribution in [1.29, 1.82) is 0 Å². The van der Waals surface area contributed by atoms with Crippen LogP contribution >= 0.6 is 0 Å². The van der Waals surface area contributed by atoms with Gasteiger partial charge in [0.1, 0.15) is 5.78 Å². The molecule has 0 amide bonds. The molecule has 17 heavy (non-hydrogen) atoms. The van der Waals surface area contributed by atoms with Crippen LogP contribution in [-0.2, 0) is 4.79 Å². The Morgan fingerprint density at radius 2 is 1.65 bits per heavy atom. The Bertz CT molecular complexity index is 238. The van der Waals surface area contributed by atoms with Crippen molar-refractivity contribution in [3.8, 4) is 0 Å². The van der Waals surface area contributed by atoms with E-state index in [0.29, 0.717) is 16.4 Å². The summed E-state index contributed by atoms with van der Waals surface area (Å²) in [6, 6.07) is 0. The molecule has 0 radical (unpaired) electrons. The topological polar surface area (TPSA) is 17.1 Å². The number of unbranched alkanes of at least 4 members (excludes halogenated alkanes) is 1. The maximum atomic E-state index is 12.4. The number of ketones is 1. The minimum absolute atomic E-state index is 0.314. The molecule has 0 aliphatic rings. The number of Topliss-reactive ketones (excluding diaryl/α,β-unsaturated/α-hetero) is 1. The molecule has 0 saturated heterocycles. The molecule has 0 N–H and O–H groups in total. The third-order valence-corrected chi connectivity index (χ3v) is 10.8. The monoisotopic (exact) mass is 256 g/mol. The van der Waals surface area contributed by atoms with E-state index in [-0.39, 0.29) is 0 Å². The van der Waals surface area contributed by atoms with Gasteiger partial charge in [0.25, 0.3) is 0 Å². The summed E-state index contributed by atoms with van der Waals surface area (Å²) in [7, 11) is -1.52. The van der Waals surface area contributed by atoms with Gasteiger partial charge in [-0.05, 0) is 17.9 Å². The van der Waals surface area contributed by atoms with Crippen molar-refractivity contribution in [2.24, 2.45) is 0 Å². The average molecular weight is 257 g/mol. The van der Waals surface area contributed by atoms with Gasteiger partial charge in [-0.1, -0.05) is 60.6 Å². The summed E-state index contributed by atoms with van der Waals surface area (Å²) < 4.78 is 0. The zero-order valence-electron chi connectivity index (χ0n) is 13.0. The van der Waals surface area contributed by atoms with Gasteiger partial charge in [-0.2, -0.15) is 0 Å². The largest absolute Gasteiger partial charge is 0.300 e. The van der Waals surface area contributed by atoms with Gasteiger partial charge < -0.3 is 0 Å². The van der Waals surface area contributed by atoms with E-state index >= 15 is 0 Å². The summed E-state index contributed by atoms with van der Waals surface area (Å²) in [5, 5.41) is 0.314. The Labute approximate surface area is 109 Å². The van der Waals surface area contributed by atoms with Crippen LogP contribution in [0, 0.1) is 0 Å². The summed E-state index contributed by atoms with van der Waals surface area (Å²) in [6.07, 6.45) is 5.22. The van der Waals surface area contributed by atoms with Gasteiger partial charge in [0, 0.05) is 12.0 Å². The zero-order chi connectivity index (χ0) is 13.7. The predicted octanol–water partition coefficient (Wildman–Crippen LogP) is 5.42. The Morgan fingerprint density at radius 1 is 1.12 bits per heavy atom. The molecule has 0 unspecified atom stereocenters. The summed E-state index contributed by atoms with van der Waals surface area (Å²) in [6.45, 7) is 16.1. The third-order valence-electron chi connectivity index (χ3n) is 4.55. The van der Waals surface area contributed by atoms with Gasteiger partial charge in [0.05, 0.1) is 8.07 Å². The van der Waals surface area contributed by atoms with Crippen LogP contribution in [-0.4, -0.2) is 13.9 Å². The molecule has 0 aromatic heterocycles. The lowest BCUT2D eigenvalue weighted by Gasteiger charge is -2.42. The third kappa shape index (κ3) is 4.57. The molecular formula is C15H32OSi. The number of rotatable bonds is 7. The van der Waals surface area contributed by atoms with Crippen molar-refractivity contribution < 1.29 is 4.79 Å². The maximum Gasteiger partial charge on any atom is 0.133 e. The van der Waals surface area contributed by atoms with E-state index in [1.165, 1.54) is 0 Å². The Morgan fingerprint density at radius 3 is 2.00 bits per heavy atom. The van der Waals surface area contributed by atoms with Crippen molar-refractivity contribution in [1.82, 2.24) is 0 Å². The summed E-state index contributed by atoms with van der Waals surface area (Å²) in [5.74, 6) is 0.542. The van der Waals surface area contributed by atoms with E-state index in [9.17, 15) is 4.79 Å². The van der Waals surface area contributed by atoms with Crippen LogP contribution in [0.5, 0.6) is 0 Å². The second-order valence-corrected chi connectivity index (χ2v) is 12.5. The maximum absolute atomic E-state index is 12.4. The fraction of sp³-hybridized carbons (Fsp3) is 0.933. The Kier molecular flexibility index (Phi) is 6.68. The number of carbonyl (C=O) groups is 1. The quantitative estimate of drug-likeness (QED) is 0.555. The molecular weight excluding hydrogens is 224 g/mol. The van der Waals surface area contributed by atoms with Crippen LogP contribution in [0.2, 0.25) is 23.7 Å². The molecule has 2 heteroatoms. The summed E-state index contributed by atoms with van der Waals surface area (Å²) in [4.78, 5) is 12.4. The van der Waals surface area contributed by atoms with E-state index in [4.69, 9.17) is 0 Å². The molecule has 0 aromatic rings. The van der Waals surface area contributed by atoms with Crippen molar-refractivity contribution in [3.63, 3.8) is 0 Å². The SMILES string of the molecule is CCCCC(=O)[C@@H](CCC)[Si](C)(C)C(C)(C)C. The highest BCUT2D eigenvalue weighted by Gasteiger charge is 2.44. The molecule has 102 valence electrons. The first-order chi connectivity index (χ1) is 7.68. The zero-order valence-corrected chi connectivity index (χ0v) is 14.0. The molecule has 0 saturated carbocycles. The predicted molar refractivity (Wildman–Crippen MR) is 80.4 cm³/mol. The van der Waals surface area contributed by atoms with Crippen molar-refractivity contribution in [2.75, 3.05) is 0 Å². The van der Waals surface area contributed by atoms with Gasteiger partial charge in [-0.25, -0.2) is 0 Å². The first kappa shape index (κ1) is 16.9. The van der Waals surface area contributed by atoms with E-state index in [0.717, 1.165) is 32.1 Å². The summed E-state index contributed by atoms with van der Waals surface area (Å²) >= 11 is 0. The smallest absolute Gasteiger partial charge is 0.133 e. The molecule has 0 aliphatic carbocycles. The van der Waals surface area contributed by atoms with Crippen molar-refractivity contribution in [3.05, 3.63) is 0 Å². The minimum atomic E-state index is -1.52. The Hall–Kier alpha value is -0.113. The highest BCUT2D eigenvalue weighted by molar-refractivity contribution is 6.84. The van der Waals surface area contributed by atoms with Crippen molar-refractivity contribution >= 4 is 13.9 Å². The second kappa shape index (κ2) is 6.72. The van der Waals surface area contributed by atoms with E-state index in [1.807, 2.05) is 0 Å². The van der Waals surface area contributed by atoms with Gasteiger partial charge in [-0.3, -0.25) is 4.79 Å². The van der Waals surface area contributed by atoms with Crippen LogP contribution in [0.25, 0.3) is 0 Å². The molecule has 0 aliphatic heterocycles. The van der Waals surface area contributed by atoms with Crippen molar-refractivity contribution in [2.45, 2.75) is 90.4 Å². The van der Waals surface area contributed by atoms with Crippen LogP contribution in [0.1, 0.15) is 66.7 Å². The fourth-order valence-electron chi connectivity index (χ4n) is 2.26. The van der Waals surface area contributed by atoms with Crippen LogP contribution in [0.4, 0.5) is 0 Å². The fourth-order valence-corrected chi connectivity index (χ4v) is 5.27. The first-order valence-electron chi connectivity index (χ1n) is 7.21. The van der Waals surface area contributed by atoms with Crippen LogP contribution in [0.3, 0.4) is 0 Å². The molecule has 1 atom stereocenters. The molecule has 0 spiro atoms. The molecule has 0 aromatic carbocycles. The average Bonchev–Trinajstić information content (AvgIpc) is 2.20. The molecule has 0 bridgehead atoms. The number of hydrogen-bond donors (Lipinski definition) is 0. The second-order valence-electron chi connectivity index (χ2n) is 6.88. The molecule has 1 nitrogen and oxygen atoms in total. The van der Waals surface area contributed by atoms with Crippen LogP contribution in [0.15, 0.2) is 0 Å². The lowest BCUT2D eigenvalue weighted by molar-refractivity contribution is -0.119. The van der Waals surface area contributed by atoms with E-state index < -0.39 is 8.07 Å². The first-order valence-corrected chi connectivity index (χ1v) is 10.3.